The molecule has 1 aliphatic rings. The number of rotatable bonds is 5. The highest BCUT2D eigenvalue weighted by Gasteiger charge is 2.26. The molecule has 0 bridgehead atoms. The molecule has 6 nitrogen and oxygen atoms in total. The zero-order valence-electron chi connectivity index (χ0n) is 14.4. The first-order chi connectivity index (χ1) is 12.8. The molecule has 8 heteroatoms. The average molecular weight is 374 g/mol. The Morgan fingerprint density at radius 3 is 2.63 bits per heavy atom. The van der Waals surface area contributed by atoms with Crippen LogP contribution in [0.3, 0.4) is 0 Å². The summed E-state index contributed by atoms with van der Waals surface area (Å²) in [5.41, 5.74) is 0.953. The first-order valence-corrected chi connectivity index (χ1v) is 8.18. The second-order valence-electron chi connectivity index (χ2n) is 6.00. The van der Waals surface area contributed by atoms with E-state index in [0.717, 1.165) is 12.1 Å². The minimum Gasteiger partial charge on any atom is -0.482 e. The van der Waals surface area contributed by atoms with Gasteiger partial charge in [0.25, 0.3) is 5.91 Å². The molecule has 2 aromatic carbocycles. The van der Waals surface area contributed by atoms with E-state index in [4.69, 9.17) is 4.74 Å². The highest BCUT2D eigenvalue weighted by atomic mass is 19.2. The van der Waals surface area contributed by atoms with Crippen molar-refractivity contribution in [3.8, 4) is 5.75 Å². The summed E-state index contributed by atoms with van der Waals surface area (Å²) in [6, 6.07) is 7.78. The van der Waals surface area contributed by atoms with Crippen LogP contribution in [0.25, 0.3) is 0 Å². The largest absolute Gasteiger partial charge is 0.482 e. The summed E-state index contributed by atoms with van der Waals surface area (Å²) in [5, 5.41) is 2.45. The Labute approximate surface area is 153 Å². The van der Waals surface area contributed by atoms with Gasteiger partial charge in [-0.15, -0.1) is 0 Å². The van der Waals surface area contributed by atoms with Gasteiger partial charge in [0.1, 0.15) is 5.75 Å². The van der Waals surface area contributed by atoms with Crippen molar-refractivity contribution >= 4 is 29.0 Å². The first-order valence-electron chi connectivity index (χ1n) is 8.18. The summed E-state index contributed by atoms with van der Waals surface area (Å²) < 4.78 is 31.5. The van der Waals surface area contributed by atoms with E-state index in [0.29, 0.717) is 17.0 Å². The lowest BCUT2D eigenvalue weighted by atomic mass is 10.1. The van der Waals surface area contributed by atoms with Gasteiger partial charge in [0, 0.05) is 30.3 Å². The van der Waals surface area contributed by atoms with Crippen LogP contribution in [-0.4, -0.2) is 30.7 Å². The number of nitrogens with one attached hydrogen (secondary N) is 1. The maximum atomic E-state index is 13.2. The summed E-state index contributed by atoms with van der Waals surface area (Å²) >= 11 is 0. The van der Waals surface area contributed by atoms with Crippen molar-refractivity contribution in [1.82, 2.24) is 0 Å². The van der Waals surface area contributed by atoms with E-state index >= 15 is 0 Å². The molecule has 0 saturated carbocycles. The van der Waals surface area contributed by atoms with Gasteiger partial charge in [-0.3, -0.25) is 14.4 Å². The monoisotopic (exact) mass is 374 g/mol. The molecule has 1 heterocycles. The van der Waals surface area contributed by atoms with E-state index in [9.17, 15) is 23.2 Å². The van der Waals surface area contributed by atoms with Gasteiger partial charge < -0.3 is 15.0 Å². The number of anilines is 2. The Morgan fingerprint density at radius 1 is 1.15 bits per heavy atom. The molecule has 1 aliphatic heterocycles. The number of carbonyl (C=O) groups excluding carboxylic acids is 3. The maximum Gasteiger partial charge on any atom is 0.265 e. The van der Waals surface area contributed by atoms with Crippen molar-refractivity contribution in [2.24, 2.45) is 0 Å². The normalized spacial score (nSPS) is 13.0. The van der Waals surface area contributed by atoms with Crippen LogP contribution in [0.5, 0.6) is 5.75 Å². The number of carbonyl (C=O) groups is 3. The van der Waals surface area contributed by atoms with Gasteiger partial charge in [0.2, 0.25) is 5.91 Å². The van der Waals surface area contributed by atoms with Crippen molar-refractivity contribution in [3.63, 3.8) is 0 Å². The topological polar surface area (TPSA) is 75.7 Å². The number of nitrogens with zero attached hydrogens (tertiary/aromatic N) is 1. The molecule has 2 amide bonds. The summed E-state index contributed by atoms with van der Waals surface area (Å²) in [4.78, 5) is 37.2. The van der Waals surface area contributed by atoms with E-state index in [1.165, 1.54) is 17.9 Å². The number of halogens is 2. The highest BCUT2D eigenvalue weighted by Crippen LogP contribution is 2.33. The number of hydrogen-bond acceptors (Lipinski definition) is 4. The van der Waals surface area contributed by atoms with E-state index in [2.05, 4.69) is 5.32 Å². The molecule has 0 unspecified atom stereocenters. The van der Waals surface area contributed by atoms with Crippen LogP contribution < -0.4 is 15.0 Å². The Bertz CT molecular complexity index is 930. The van der Waals surface area contributed by atoms with Crippen LogP contribution in [0.2, 0.25) is 0 Å². The third-order valence-corrected chi connectivity index (χ3v) is 4.07. The smallest absolute Gasteiger partial charge is 0.265 e. The Morgan fingerprint density at radius 2 is 1.93 bits per heavy atom. The van der Waals surface area contributed by atoms with Gasteiger partial charge in [-0.05, 0) is 37.3 Å². The fourth-order valence-electron chi connectivity index (χ4n) is 2.68. The second kappa shape index (κ2) is 7.53. The standard InChI is InChI=1S/C19H16F2N2O4/c1-11(24)12-2-5-17-16(8-12)23(19(26)10-27-17)7-6-18(25)22-13-3-4-14(20)15(21)9-13/h2-5,8-9H,6-7,10H2,1H3,(H,22,25). The number of hydrogen-bond donors (Lipinski definition) is 1. The van der Waals surface area contributed by atoms with Gasteiger partial charge in [0.15, 0.2) is 24.0 Å². The summed E-state index contributed by atoms with van der Waals surface area (Å²) in [5.74, 6) is -2.60. The van der Waals surface area contributed by atoms with Crippen LogP contribution in [0.1, 0.15) is 23.7 Å². The Balaban J connectivity index is 1.71. The van der Waals surface area contributed by atoms with Crippen molar-refractivity contribution < 1.29 is 27.9 Å². The quantitative estimate of drug-likeness (QED) is 0.817. The Kier molecular flexibility index (Phi) is 5.16. The number of fused-ring (bicyclic) bond motifs is 1. The van der Waals surface area contributed by atoms with Crippen LogP contribution in [0, 0.1) is 11.6 Å². The molecule has 27 heavy (non-hydrogen) atoms. The lowest BCUT2D eigenvalue weighted by Crippen LogP contribution is -2.40. The zero-order valence-corrected chi connectivity index (χ0v) is 14.4. The molecule has 1 N–H and O–H groups in total. The fraction of sp³-hybridized carbons (Fsp3) is 0.211. The minimum atomic E-state index is -1.07. The van der Waals surface area contributed by atoms with E-state index < -0.39 is 17.5 Å². The number of amides is 2. The lowest BCUT2D eigenvalue weighted by molar-refractivity contribution is -0.121. The molecule has 0 aromatic heterocycles. The third-order valence-electron chi connectivity index (χ3n) is 4.07. The van der Waals surface area contributed by atoms with Crippen LogP contribution in [-0.2, 0) is 9.59 Å². The molecule has 140 valence electrons. The number of benzene rings is 2. The predicted octanol–water partition coefficient (Wildman–Crippen LogP) is 2.92. The molecular formula is C19H16F2N2O4. The van der Waals surface area contributed by atoms with Crippen LogP contribution in [0.4, 0.5) is 20.2 Å². The molecule has 2 aromatic rings. The van der Waals surface area contributed by atoms with Gasteiger partial charge in [-0.2, -0.15) is 0 Å². The van der Waals surface area contributed by atoms with Crippen LogP contribution >= 0.6 is 0 Å². The van der Waals surface area contributed by atoms with Crippen molar-refractivity contribution in [2.45, 2.75) is 13.3 Å². The first kappa shape index (κ1) is 18.5. The second-order valence-corrected chi connectivity index (χ2v) is 6.00. The maximum absolute atomic E-state index is 13.2. The molecule has 3 rings (SSSR count). The molecule has 0 radical (unpaired) electrons. The summed E-state index contributed by atoms with van der Waals surface area (Å²) in [6.45, 7) is 1.29. The molecule has 0 aliphatic carbocycles. The Hall–Kier alpha value is -3.29. The number of ketones is 1. The van der Waals surface area contributed by atoms with Gasteiger partial charge in [-0.25, -0.2) is 8.78 Å². The minimum absolute atomic E-state index is 0.0477. The van der Waals surface area contributed by atoms with Gasteiger partial charge in [-0.1, -0.05) is 0 Å². The van der Waals surface area contributed by atoms with Gasteiger partial charge in [0.05, 0.1) is 5.69 Å². The summed E-state index contributed by atoms with van der Waals surface area (Å²) in [6.07, 6.45) is -0.0749. The van der Waals surface area contributed by atoms with Crippen molar-refractivity contribution in [3.05, 3.63) is 53.6 Å². The fourth-order valence-corrected chi connectivity index (χ4v) is 2.68. The highest BCUT2D eigenvalue weighted by molar-refractivity contribution is 6.02. The van der Waals surface area contributed by atoms with Gasteiger partial charge >= 0.3 is 0 Å². The molecule has 0 atom stereocenters. The van der Waals surface area contributed by atoms with E-state index in [1.54, 1.807) is 18.2 Å². The van der Waals surface area contributed by atoms with E-state index in [-0.39, 0.29) is 37.0 Å². The predicted molar refractivity (Wildman–Crippen MR) is 93.9 cm³/mol. The number of Topliss-reactive ketones (excluding diaryl/α,β-unsaturated/α-hetero) is 1. The SMILES string of the molecule is CC(=O)c1ccc2c(c1)N(CCC(=O)Nc1ccc(F)c(F)c1)C(=O)CO2. The molecule has 0 fully saturated rings. The van der Waals surface area contributed by atoms with Crippen molar-refractivity contribution in [1.29, 1.82) is 0 Å². The molecular weight excluding hydrogens is 358 g/mol. The number of ether oxygens (including phenoxy) is 1. The lowest BCUT2D eigenvalue weighted by Gasteiger charge is -2.29. The zero-order chi connectivity index (χ0) is 19.6. The molecule has 0 saturated heterocycles. The third kappa shape index (κ3) is 4.11. The van der Waals surface area contributed by atoms with Crippen molar-refractivity contribution in [2.75, 3.05) is 23.4 Å². The average Bonchev–Trinajstić information content (AvgIpc) is 2.63. The van der Waals surface area contributed by atoms with Crippen LogP contribution in [0.15, 0.2) is 36.4 Å². The van der Waals surface area contributed by atoms with E-state index in [1.807, 2.05) is 0 Å². The molecule has 0 spiro atoms. The summed E-state index contributed by atoms with van der Waals surface area (Å²) in [7, 11) is 0.